The molecule has 0 aliphatic heterocycles. The Morgan fingerprint density at radius 1 is 1.56 bits per heavy atom. The van der Waals surface area contributed by atoms with Gasteiger partial charge in [-0.2, -0.15) is 0 Å². The SMILES string of the molecule is CNC(/C=C/C(=O)O)c1ccc2oc(C)nc2c1. The van der Waals surface area contributed by atoms with Gasteiger partial charge in [0.2, 0.25) is 0 Å². The third-order valence-electron chi connectivity index (χ3n) is 2.62. The second-order valence-corrected chi connectivity index (χ2v) is 3.92. The Balaban J connectivity index is 2.35. The van der Waals surface area contributed by atoms with Crippen molar-refractivity contribution in [2.75, 3.05) is 7.05 Å². The molecule has 2 aromatic rings. The van der Waals surface area contributed by atoms with Crippen molar-refractivity contribution in [3.05, 3.63) is 41.8 Å². The number of aliphatic carboxylic acids is 1. The molecule has 94 valence electrons. The predicted octanol–water partition coefficient (Wildman–Crippen LogP) is 2.04. The summed E-state index contributed by atoms with van der Waals surface area (Å²) >= 11 is 0. The molecule has 0 aliphatic rings. The van der Waals surface area contributed by atoms with Gasteiger partial charge in [-0.1, -0.05) is 12.1 Å². The van der Waals surface area contributed by atoms with Crippen LogP contribution in [0.1, 0.15) is 17.5 Å². The predicted molar refractivity (Wildman–Crippen MR) is 67.3 cm³/mol. The number of fused-ring (bicyclic) bond motifs is 1. The molecule has 0 saturated carbocycles. The van der Waals surface area contributed by atoms with Crippen LogP contribution in [0, 0.1) is 6.92 Å². The van der Waals surface area contributed by atoms with Gasteiger partial charge in [-0.25, -0.2) is 9.78 Å². The Hall–Kier alpha value is -2.14. The van der Waals surface area contributed by atoms with Crippen LogP contribution in [0.3, 0.4) is 0 Å². The van der Waals surface area contributed by atoms with Gasteiger partial charge in [-0.15, -0.1) is 0 Å². The minimum absolute atomic E-state index is 0.164. The van der Waals surface area contributed by atoms with Crippen LogP contribution in [-0.2, 0) is 4.79 Å². The van der Waals surface area contributed by atoms with Crippen LogP contribution in [0.15, 0.2) is 34.8 Å². The van der Waals surface area contributed by atoms with E-state index in [0.717, 1.165) is 22.7 Å². The van der Waals surface area contributed by atoms with Gasteiger partial charge >= 0.3 is 5.97 Å². The molecular formula is C13H14N2O3. The summed E-state index contributed by atoms with van der Waals surface area (Å²) in [5.41, 5.74) is 2.44. The molecule has 1 unspecified atom stereocenters. The highest BCUT2D eigenvalue weighted by Gasteiger charge is 2.09. The summed E-state index contributed by atoms with van der Waals surface area (Å²) in [4.78, 5) is 14.8. The fourth-order valence-corrected chi connectivity index (χ4v) is 1.81. The van der Waals surface area contributed by atoms with E-state index in [1.54, 1.807) is 20.0 Å². The molecule has 1 atom stereocenters. The number of rotatable bonds is 4. The van der Waals surface area contributed by atoms with Crippen molar-refractivity contribution < 1.29 is 14.3 Å². The Kier molecular flexibility index (Phi) is 3.43. The standard InChI is InChI=1S/C13H14N2O3/c1-8-15-11-7-9(3-5-12(11)18-8)10(14-2)4-6-13(16)17/h3-7,10,14H,1-2H3,(H,16,17)/b6-4+. The fourth-order valence-electron chi connectivity index (χ4n) is 1.81. The summed E-state index contributed by atoms with van der Waals surface area (Å²) < 4.78 is 5.39. The number of hydrogen-bond acceptors (Lipinski definition) is 4. The van der Waals surface area contributed by atoms with E-state index in [-0.39, 0.29) is 6.04 Å². The Bertz CT molecular complexity index is 601. The maximum Gasteiger partial charge on any atom is 0.328 e. The average molecular weight is 246 g/mol. The number of benzene rings is 1. The molecule has 0 bridgehead atoms. The first kappa shape index (κ1) is 12.3. The van der Waals surface area contributed by atoms with Gasteiger partial charge in [0.25, 0.3) is 0 Å². The average Bonchev–Trinajstić information content (AvgIpc) is 2.68. The zero-order chi connectivity index (χ0) is 13.1. The highest BCUT2D eigenvalue weighted by atomic mass is 16.4. The lowest BCUT2D eigenvalue weighted by molar-refractivity contribution is -0.131. The van der Waals surface area contributed by atoms with Crippen molar-refractivity contribution >= 4 is 17.1 Å². The van der Waals surface area contributed by atoms with Crippen molar-refractivity contribution in [1.29, 1.82) is 0 Å². The molecule has 1 aromatic heterocycles. The monoisotopic (exact) mass is 246 g/mol. The molecule has 18 heavy (non-hydrogen) atoms. The molecule has 5 heteroatoms. The van der Waals surface area contributed by atoms with Crippen LogP contribution in [0.25, 0.3) is 11.1 Å². The van der Waals surface area contributed by atoms with E-state index in [2.05, 4.69) is 10.3 Å². The molecule has 2 N–H and O–H groups in total. The van der Waals surface area contributed by atoms with Gasteiger partial charge in [0.15, 0.2) is 11.5 Å². The first-order chi connectivity index (χ1) is 8.60. The number of nitrogens with one attached hydrogen (secondary N) is 1. The second-order valence-electron chi connectivity index (χ2n) is 3.92. The smallest absolute Gasteiger partial charge is 0.328 e. The highest BCUT2D eigenvalue weighted by Crippen LogP contribution is 2.21. The number of nitrogens with zero attached hydrogens (tertiary/aromatic N) is 1. The number of hydrogen-bond donors (Lipinski definition) is 2. The summed E-state index contributed by atoms with van der Waals surface area (Å²) in [6.07, 6.45) is 2.72. The van der Waals surface area contributed by atoms with Crippen molar-refractivity contribution in [3.8, 4) is 0 Å². The molecule has 0 fully saturated rings. The van der Waals surface area contributed by atoms with E-state index in [0.29, 0.717) is 5.89 Å². The summed E-state index contributed by atoms with van der Waals surface area (Å²) in [7, 11) is 1.77. The number of oxazole rings is 1. The Labute approximate surface area is 104 Å². The molecule has 0 radical (unpaired) electrons. The lowest BCUT2D eigenvalue weighted by atomic mass is 10.1. The zero-order valence-electron chi connectivity index (χ0n) is 10.2. The number of aryl methyl sites for hydroxylation is 1. The fraction of sp³-hybridized carbons (Fsp3) is 0.231. The van der Waals surface area contributed by atoms with E-state index >= 15 is 0 Å². The van der Waals surface area contributed by atoms with Crippen LogP contribution < -0.4 is 5.32 Å². The third kappa shape index (κ3) is 2.57. The normalized spacial score (nSPS) is 13.2. The van der Waals surface area contributed by atoms with E-state index < -0.39 is 5.97 Å². The van der Waals surface area contributed by atoms with Gasteiger partial charge in [0, 0.05) is 13.0 Å². The van der Waals surface area contributed by atoms with E-state index in [4.69, 9.17) is 9.52 Å². The Morgan fingerprint density at radius 3 is 3.00 bits per heavy atom. The minimum Gasteiger partial charge on any atom is -0.478 e. The topological polar surface area (TPSA) is 75.4 Å². The molecule has 0 amide bonds. The van der Waals surface area contributed by atoms with E-state index in [1.807, 2.05) is 18.2 Å². The quantitative estimate of drug-likeness (QED) is 0.807. The van der Waals surface area contributed by atoms with Gasteiger partial charge in [-0.3, -0.25) is 0 Å². The minimum atomic E-state index is -0.964. The number of likely N-dealkylation sites (N-methyl/N-ethyl adjacent to an activating group) is 1. The molecule has 1 aromatic carbocycles. The van der Waals surface area contributed by atoms with Gasteiger partial charge < -0.3 is 14.8 Å². The number of carboxylic acid groups (broad SMARTS) is 1. The van der Waals surface area contributed by atoms with Crippen molar-refractivity contribution in [1.82, 2.24) is 10.3 Å². The maximum absolute atomic E-state index is 10.5. The summed E-state index contributed by atoms with van der Waals surface area (Å²) in [6.45, 7) is 1.79. The molecule has 0 aliphatic carbocycles. The lowest BCUT2D eigenvalue weighted by Gasteiger charge is -2.11. The largest absolute Gasteiger partial charge is 0.478 e. The van der Waals surface area contributed by atoms with Crippen molar-refractivity contribution in [3.63, 3.8) is 0 Å². The van der Waals surface area contributed by atoms with E-state index in [9.17, 15) is 4.79 Å². The van der Waals surface area contributed by atoms with Crippen molar-refractivity contribution in [2.24, 2.45) is 0 Å². The molecular weight excluding hydrogens is 232 g/mol. The van der Waals surface area contributed by atoms with Crippen LogP contribution in [0.4, 0.5) is 0 Å². The van der Waals surface area contributed by atoms with Gasteiger partial charge in [-0.05, 0) is 24.7 Å². The van der Waals surface area contributed by atoms with Gasteiger partial charge in [0.05, 0.1) is 6.04 Å². The maximum atomic E-state index is 10.5. The van der Waals surface area contributed by atoms with Crippen LogP contribution in [0.2, 0.25) is 0 Å². The number of carbonyl (C=O) groups is 1. The molecule has 5 nitrogen and oxygen atoms in total. The zero-order valence-corrected chi connectivity index (χ0v) is 10.2. The summed E-state index contributed by atoms with van der Waals surface area (Å²) in [5, 5.41) is 11.7. The van der Waals surface area contributed by atoms with E-state index in [1.165, 1.54) is 0 Å². The molecule has 0 spiro atoms. The summed E-state index contributed by atoms with van der Waals surface area (Å²) in [6, 6.07) is 5.45. The highest BCUT2D eigenvalue weighted by molar-refractivity contribution is 5.80. The van der Waals surface area contributed by atoms with Crippen LogP contribution in [0.5, 0.6) is 0 Å². The lowest BCUT2D eigenvalue weighted by Crippen LogP contribution is -2.14. The summed E-state index contributed by atoms with van der Waals surface area (Å²) in [5.74, 6) is -0.349. The second kappa shape index (κ2) is 5.01. The first-order valence-electron chi connectivity index (χ1n) is 5.55. The first-order valence-corrected chi connectivity index (χ1v) is 5.55. The van der Waals surface area contributed by atoms with Crippen molar-refractivity contribution in [2.45, 2.75) is 13.0 Å². The van der Waals surface area contributed by atoms with Crippen LogP contribution >= 0.6 is 0 Å². The van der Waals surface area contributed by atoms with Crippen LogP contribution in [-0.4, -0.2) is 23.1 Å². The Morgan fingerprint density at radius 2 is 2.33 bits per heavy atom. The molecule has 2 rings (SSSR count). The van der Waals surface area contributed by atoms with Gasteiger partial charge in [0.1, 0.15) is 5.52 Å². The number of carboxylic acids is 1. The third-order valence-corrected chi connectivity index (χ3v) is 2.62. The molecule has 0 saturated heterocycles. The molecule has 1 heterocycles. The number of aromatic nitrogens is 1.